The van der Waals surface area contributed by atoms with Crippen LogP contribution in [0.1, 0.15) is 61.0 Å². The number of carboxylic acids is 1. The van der Waals surface area contributed by atoms with Crippen LogP contribution in [0.15, 0.2) is 18.2 Å². The van der Waals surface area contributed by atoms with Crippen LogP contribution in [0.4, 0.5) is 0 Å². The molecule has 2 aliphatic rings. The molecule has 1 saturated carbocycles. The molecule has 0 amide bonds. The van der Waals surface area contributed by atoms with E-state index in [1.165, 1.54) is 0 Å². The SMILES string of the molecule is CC#CC1(O)C[C@H]2CCc3cc(C(=O)O)ccc3C2(CC)CC1O. The van der Waals surface area contributed by atoms with E-state index in [1.54, 1.807) is 19.1 Å². The van der Waals surface area contributed by atoms with Gasteiger partial charge in [-0.3, -0.25) is 0 Å². The van der Waals surface area contributed by atoms with Gasteiger partial charge in [-0.25, -0.2) is 4.79 Å². The van der Waals surface area contributed by atoms with E-state index >= 15 is 0 Å². The van der Waals surface area contributed by atoms with Gasteiger partial charge in [-0.2, -0.15) is 0 Å². The Morgan fingerprint density at radius 2 is 2.12 bits per heavy atom. The third kappa shape index (κ3) is 2.44. The molecule has 0 spiro atoms. The highest BCUT2D eigenvalue weighted by Crippen LogP contribution is 2.54. The van der Waals surface area contributed by atoms with Crippen LogP contribution in [0.25, 0.3) is 0 Å². The summed E-state index contributed by atoms with van der Waals surface area (Å²) >= 11 is 0. The quantitative estimate of drug-likeness (QED) is 0.729. The first kappa shape index (κ1) is 17.0. The normalized spacial score (nSPS) is 34.5. The lowest BCUT2D eigenvalue weighted by Crippen LogP contribution is -2.57. The number of aromatic carboxylic acids is 1. The standard InChI is InChI=1S/C20H24O4/c1-3-9-20(24)11-15-7-5-13-10-14(18(22)23)6-8-16(13)19(15,4-2)12-17(20)21/h6,8,10,15,17,21,24H,4-5,7,11-12H2,1-2H3,(H,22,23)/t15-,17?,19?,20?/m1/s1. The average molecular weight is 328 g/mol. The van der Waals surface area contributed by atoms with E-state index in [0.29, 0.717) is 18.4 Å². The number of aryl methyl sites for hydroxylation is 1. The number of hydrogen-bond acceptors (Lipinski definition) is 3. The summed E-state index contributed by atoms with van der Waals surface area (Å²) in [4.78, 5) is 11.2. The van der Waals surface area contributed by atoms with Crippen molar-refractivity contribution in [3.63, 3.8) is 0 Å². The lowest BCUT2D eigenvalue weighted by molar-refractivity contribution is -0.106. The number of benzene rings is 1. The van der Waals surface area contributed by atoms with Crippen LogP contribution in [0.5, 0.6) is 0 Å². The summed E-state index contributed by atoms with van der Waals surface area (Å²) in [6.45, 7) is 3.78. The Morgan fingerprint density at radius 3 is 2.75 bits per heavy atom. The van der Waals surface area contributed by atoms with Gasteiger partial charge in [0.05, 0.1) is 11.7 Å². The molecule has 0 aromatic heterocycles. The Kier molecular flexibility index (Phi) is 4.19. The highest BCUT2D eigenvalue weighted by atomic mass is 16.4. The van der Waals surface area contributed by atoms with Crippen molar-refractivity contribution < 1.29 is 20.1 Å². The zero-order valence-corrected chi connectivity index (χ0v) is 14.2. The molecule has 1 aromatic carbocycles. The minimum Gasteiger partial charge on any atom is -0.478 e. The van der Waals surface area contributed by atoms with Gasteiger partial charge in [0.1, 0.15) is 0 Å². The van der Waals surface area contributed by atoms with Gasteiger partial charge in [0.15, 0.2) is 5.60 Å². The molecule has 4 nitrogen and oxygen atoms in total. The second-order valence-corrected chi connectivity index (χ2v) is 7.15. The van der Waals surface area contributed by atoms with E-state index in [9.17, 15) is 20.1 Å². The molecule has 0 aliphatic heterocycles. The predicted molar refractivity (Wildman–Crippen MR) is 90.8 cm³/mol. The van der Waals surface area contributed by atoms with E-state index in [-0.39, 0.29) is 11.3 Å². The van der Waals surface area contributed by atoms with Crippen molar-refractivity contribution in [2.75, 3.05) is 0 Å². The van der Waals surface area contributed by atoms with Crippen LogP contribution in [0, 0.1) is 17.8 Å². The fraction of sp³-hybridized carbons (Fsp3) is 0.550. The molecular weight excluding hydrogens is 304 g/mol. The van der Waals surface area contributed by atoms with Gasteiger partial charge in [-0.05, 0) is 68.2 Å². The molecule has 3 unspecified atom stereocenters. The minimum absolute atomic E-state index is 0.217. The molecule has 128 valence electrons. The van der Waals surface area contributed by atoms with Crippen molar-refractivity contribution >= 4 is 5.97 Å². The molecule has 1 fully saturated rings. The van der Waals surface area contributed by atoms with Crippen molar-refractivity contribution in [3.8, 4) is 11.8 Å². The fourth-order valence-electron chi connectivity index (χ4n) is 4.82. The molecular formula is C20H24O4. The number of aliphatic hydroxyl groups excluding tert-OH is 1. The van der Waals surface area contributed by atoms with E-state index < -0.39 is 17.7 Å². The first-order valence-corrected chi connectivity index (χ1v) is 8.57. The van der Waals surface area contributed by atoms with Crippen LogP contribution in [0.3, 0.4) is 0 Å². The number of aliphatic hydroxyl groups is 2. The van der Waals surface area contributed by atoms with Gasteiger partial charge in [-0.1, -0.05) is 18.9 Å². The third-order valence-corrected chi connectivity index (χ3v) is 6.07. The first-order chi connectivity index (χ1) is 11.4. The van der Waals surface area contributed by atoms with Crippen molar-refractivity contribution in [2.45, 2.75) is 63.1 Å². The maximum atomic E-state index is 11.2. The van der Waals surface area contributed by atoms with E-state index in [4.69, 9.17) is 0 Å². The van der Waals surface area contributed by atoms with Crippen molar-refractivity contribution in [1.82, 2.24) is 0 Å². The van der Waals surface area contributed by atoms with E-state index in [2.05, 4.69) is 18.8 Å². The summed E-state index contributed by atoms with van der Waals surface area (Å²) in [7, 11) is 0. The number of carboxylic acid groups (broad SMARTS) is 1. The Hall–Kier alpha value is -1.83. The number of hydrogen-bond donors (Lipinski definition) is 3. The van der Waals surface area contributed by atoms with Crippen LogP contribution in [-0.4, -0.2) is 33.0 Å². The first-order valence-electron chi connectivity index (χ1n) is 8.57. The fourth-order valence-corrected chi connectivity index (χ4v) is 4.82. The minimum atomic E-state index is -1.34. The zero-order valence-electron chi connectivity index (χ0n) is 14.2. The second kappa shape index (κ2) is 5.91. The van der Waals surface area contributed by atoms with Crippen molar-refractivity contribution in [1.29, 1.82) is 0 Å². The monoisotopic (exact) mass is 328 g/mol. The molecule has 3 N–H and O–H groups in total. The van der Waals surface area contributed by atoms with Crippen molar-refractivity contribution in [2.24, 2.45) is 5.92 Å². The topological polar surface area (TPSA) is 77.8 Å². The van der Waals surface area contributed by atoms with Crippen LogP contribution in [0.2, 0.25) is 0 Å². The molecule has 0 bridgehead atoms. The highest BCUT2D eigenvalue weighted by molar-refractivity contribution is 5.88. The smallest absolute Gasteiger partial charge is 0.335 e. The molecule has 24 heavy (non-hydrogen) atoms. The van der Waals surface area contributed by atoms with Crippen LogP contribution < -0.4 is 0 Å². The number of carbonyl (C=O) groups is 1. The predicted octanol–water partition coefficient (Wildman–Crippen LogP) is 2.50. The molecule has 4 heteroatoms. The van der Waals surface area contributed by atoms with E-state index in [0.717, 1.165) is 30.4 Å². The van der Waals surface area contributed by atoms with Gasteiger partial charge < -0.3 is 15.3 Å². The Balaban J connectivity index is 2.06. The summed E-state index contributed by atoms with van der Waals surface area (Å²) in [5, 5.41) is 30.6. The molecule has 2 aliphatic carbocycles. The Bertz CT molecular complexity index is 729. The summed E-state index contributed by atoms with van der Waals surface area (Å²) in [5.74, 6) is 4.88. The van der Waals surface area contributed by atoms with Crippen LogP contribution in [-0.2, 0) is 11.8 Å². The lowest BCUT2D eigenvalue weighted by atomic mass is 9.52. The van der Waals surface area contributed by atoms with Crippen molar-refractivity contribution in [3.05, 3.63) is 34.9 Å². The number of fused-ring (bicyclic) bond motifs is 3. The lowest BCUT2D eigenvalue weighted by Gasteiger charge is -2.53. The largest absolute Gasteiger partial charge is 0.478 e. The molecule has 0 heterocycles. The van der Waals surface area contributed by atoms with Gasteiger partial charge in [0.2, 0.25) is 0 Å². The summed E-state index contributed by atoms with van der Waals surface area (Å²) < 4.78 is 0. The third-order valence-electron chi connectivity index (χ3n) is 6.07. The van der Waals surface area contributed by atoms with Gasteiger partial charge >= 0.3 is 5.97 Å². The number of rotatable bonds is 2. The average Bonchev–Trinajstić information content (AvgIpc) is 2.55. The maximum Gasteiger partial charge on any atom is 0.335 e. The zero-order chi connectivity index (χ0) is 17.5. The molecule has 4 atom stereocenters. The Labute approximate surface area is 142 Å². The second-order valence-electron chi connectivity index (χ2n) is 7.15. The molecule has 1 aromatic rings. The van der Waals surface area contributed by atoms with Gasteiger partial charge in [0, 0.05) is 5.41 Å². The molecule has 0 radical (unpaired) electrons. The van der Waals surface area contributed by atoms with Crippen LogP contribution >= 0.6 is 0 Å². The summed E-state index contributed by atoms with van der Waals surface area (Å²) in [6.07, 6.45) is 2.55. The summed E-state index contributed by atoms with van der Waals surface area (Å²) in [6, 6.07) is 5.33. The highest BCUT2D eigenvalue weighted by Gasteiger charge is 2.54. The maximum absolute atomic E-state index is 11.2. The molecule has 3 rings (SSSR count). The van der Waals surface area contributed by atoms with Gasteiger partial charge in [0.25, 0.3) is 0 Å². The Morgan fingerprint density at radius 1 is 1.38 bits per heavy atom. The van der Waals surface area contributed by atoms with E-state index in [1.807, 2.05) is 6.07 Å². The summed E-state index contributed by atoms with van der Waals surface area (Å²) in [5.41, 5.74) is 0.953. The van der Waals surface area contributed by atoms with Gasteiger partial charge in [-0.15, -0.1) is 5.92 Å². The molecule has 0 saturated heterocycles.